The molecule has 8 heteroatoms. The number of aryl methyl sites for hydroxylation is 1. The third kappa shape index (κ3) is 4.47. The molecule has 2 aliphatic heterocycles. The number of nitrogens with one attached hydrogen (secondary N) is 1. The second-order valence-corrected chi connectivity index (χ2v) is 8.33. The molecule has 2 saturated heterocycles. The predicted molar refractivity (Wildman–Crippen MR) is 111 cm³/mol. The summed E-state index contributed by atoms with van der Waals surface area (Å²) in [5.74, 6) is 0.218. The molecule has 1 N–H and O–H groups in total. The Kier molecular flexibility index (Phi) is 6.18. The molecule has 1 unspecified atom stereocenters. The van der Waals surface area contributed by atoms with Gasteiger partial charge < -0.3 is 14.8 Å². The number of imidazole rings is 1. The van der Waals surface area contributed by atoms with Crippen molar-refractivity contribution in [3.63, 3.8) is 0 Å². The Hall–Kier alpha value is -2.35. The molecular weight excluding hydrogens is 368 g/mol. The summed E-state index contributed by atoms with van der Waals surface area (Å²) in [4.78, 5) is 30.0. The number of nitrogens with zero attached hydrogens (tertiary/aromatic N) is 5. The molecule has 158 valence electrons. The van der Waals surface area contributed by atoms with E-state index in [0.717, 1.165) is 51.0 Å². The highest BCUT2D eigenvalue weighted by Gasteiger charge is 2.26. The number of amides is 2. The van der Waals surface area contributed by atoms with Crippen LogP contribution >= 0.6 is 0 Å². The minimum Gasteiger partial charge on any atom is -0.356 e. The molecule has 8 nitrogen and oxygen atoms in total. The lowest BCUT2D eigenvalue weighted by molar-refractivity contribution is -0.122. The number of hydrogen-bond acceptors (Lipinski definition) is 4. The van der Waals surface area contributed by atoms with Gasteiger partial charge in [0.1, 0.15) is 11.2 Å². The second-order valence-electron chi connectivity index (χ2n) is 8.33. The number of rotatable bonds is 1. The van der Waals surface area contributed by atoms with E-state index in [0.29, 0.717) is 31.1 Å². The Balaban J connectivity index is 1.48. The summed E-state index contributed by atoms with van der Waals surface area (Å²) < 4.78 is 3.69. The van der Waals surface area contributed by atoms with Crippen molar-refractivity contribution in [3.05, 3.63) is 24.2 Å². The normalized spacial score (nSPS) is 23.0. The van der Waals surface area contributed by atoms with Crippen LogP contribution in [-0.2, 0) is 11.8 Å². The van der Waals surface area contributed by atoms with Crippen molar-refractivity contribution in [2.24, 2.45) is 7.05 Å². The first kappa shape index (κ1) is 19.9. The van der Waals surface area contributed by atoms with Crippen molar-refractivity contribution in [3.8, 4) is 0 Å². The molecule has 2 fully saturated rings. The quantitative estimate of drug-likeness (QED) is 0.790. The highest BCUT2D eigenvalue weighted by molar-refractivity contribution is 5.99. The summed E-state index contributed by atoms with van der Waals surface area (Å²) in [6.45, 7) is 4.13. The average molecular weight is 401 g/mol. The number of carbonyl (C=O) groups excluding carboxylic acids is 2. The maximum Gasteiger partial charge on any atom is 0.259 e. The van der Waals surface area contributed by atoms with Crippen LogP contribution < -0.4 is 5.32 Å². The highest BCUT2D eigenvalue weighted by atomic mass is 16.2. The Morgan fingerprint density at radius 1 is 1.07 bits per heavy atom. The molecule has 0 aliphatic carbocycles. The van der Waals surface area contributed by atoms with Crippen LogP contribution in [0, 0.1) is 0 Å². The van der Waals surface area contributed by atoms with Crippen LogP contribution in [0.25, 0.3) is 5.65 Å². The third-order valence-corrected chi connectivity index (χ3v) is 6.27. The number of hydrogen-bond donors (Lipinski definition) is 1. The van der Waals surface area contributed by atoms with Gasteiger partial charge in [0.05, 0.1) is 6.20 Å². The molecule has 4 rings (SSSR count). The molecule has 0 spiro atoms. The van der Waals surface area contributed by atoms with Gasteiger partial charge in [-0.15, -0.1) is 0 Å². The van der Waals surface area contributed by atoms with Crippen molar-refractivity contribution in [1.29, 1.82) is 0 Å². The Morgan fingerprint density at radius 2 is 1.86 bits per heavy atom. The average Bonchev–Trinajstić information content (AvgIpc) is 3.30. The lowest BCUT2D eigenvalue weighted by Gasteiger charge is -2.35. The molecule has 2 amide bonds. The van der Waals surface area contributed by atoms with Gasteiger partial charge in [0.25, 0.3) is 5.91 Å². The zero-order valence-electron chi connectivity index (χ0n) is 17.3. The number of aromatic nitrogens is 3. The second kappa shape index (κ2) is 8.98. The smallest absolute Gasteiger partial charge is 0.259 e. The van der Waals surface area contributed by atoms with Crippen molar-refractivity contribution < 1.29 is 9.59 Å². The lowest BCUT2D eigenvalue weighted by Crippen LogP contribution is -2.44. The molecule has 2 aromatic rings. The van der Waals surface area contributed by atoms with Crippen LogP contribution in [0.1, 0.15) is 55.3 Å². The number of carbonyl (C=O) groups is 2. The number of piperidine rings is 1. The molecule has 29 heavy (non-hydrogen) atoms. The summed E-state index contributed by atoms with van der Waals surface area (Å²) >= 11 is 0. The standard InChI is InChI=1S/C21H32N6O2/c1-24-13-14-27-20(24)18(16-23-27)21(29)26-10-5-3-8-22-19(28)15-17-7-2-4-9-25(17)11-6-12-26/h13-14,16-17H,2-12,15H2,1H3,(H,22,28). The zero-order chi connectivity index (χ0) is 20.2. The van der Waals surface area contributed by atoms with E-state index >= 15 is 0 Å². The third-order valence-electron chi connectivity index (χ3n) is 6.27. The minimum atomic E-state index is 0.0518. The Labute approximate surface area is 171 Å². The summed E-state index contributed by atoms with van der Waals surface area (Å²) in [5, 5.41) is 7.39. The monoisotopic (exact) mass is 400 g/mol. The van der Waals surface area contributed by atoms with Crippen molar-refractivity contribution in [2.75, 3.05) is 32.7 Å². The Bertz CT molecular complexity index is 857. The zero-order valence-corrected chi connectivity index (χ0v) is 17.3. The first-order valence-electron chi connectivity index (χ1n) is 10.9. The SMILES string of the molecule is Cn1ccn2ncc(C(=O)N3CCCCNC(=O)CC4CCCCN4CCC3)c12. The van der Waals surface area contributed by atoms with Gasteiger partial charge in [0.15, 0.2) is 0 Å². The molecule has 0 aromatic carbocycles. The molecule has 0 radical (unpaired) electrons. The molecule has 0 bridgehead atoms. The number of fused-ring (bicyclic) bond motifs is 2. The summed E-state index contributed by atoms with van der Waals surface area (Å²) in [7, 11) is 1.94. The van der Waals surface area contributed by atoms with Crippen LogP contribution in [0.4, 0.5) is 0 Å². The molecular formula is C21H32N6O2. The molecule has 1 atom stereocenters. The molecule has 0 saturated carbocycles. The van der Waals surface area contributed by atoms with Gasteiger partial charge in [0.2, 0.25) is 5.91 Å². The van der Waals surface area contributed by atoms with E-state index in [1.54, 1.807) is 10.7 Å². The molecule has 2 aliphatic rings. The van der Waals surface area contributed by atoms with E-state index in [2.05, 4.69) is 15.3 Å². The van der Waals surface area contributed by atoms with Crippen LogP contribution in [0.2, 0.25) is 0 Å². The maximum atomic E-state index is 13.3. The summed E-state index contributed by atoms with van der Waals surface area (Å²) in [5.41, 5.74) is 1.49. The Morgan fingerprint density at radius 3 is 2.76 bits per heavy atom. The van der Waals surface area contributed by atoms with Crippen LogP contribution in [0.3, 0.4) is 0 Å². The summed E-state index contributed by atoms with van der Waals surface area (Å²) in [6, 6.07) is 0.340. The van der Waals surface area contributed by atoms with Crippen molar-refractivity contribution >= 4 is 17.5 Å². The molecule has 4 heterocycles. The highest BCUT2D eigenvalue weighted by Crippen LogP contribution is 2.21. The minimum absolute atomic E-state index is 0.0518. The largest absolute Gasteiger partial charge is 0.356 e. The van der Waals surface area contributed by atoms with E-state index in [1.165, 1.54) is 12.8 Å². The van der Waals surface area contributed by atoms with E-state index in [4.69, 9.17) is 0 Å². The van der Waals surface area contributed by atoms with E-state index in [1.807, 2.05) is 28.9 Å². The van der Waals surface area contributed by atoms with Crippen molar-refractivity contribution in [2.45, 2.75) is 51.0 Å². The van der Waals surface area contributed by atoms with E-state index in [-0.39, 0.29) is 11.8 Å². The van der Waals surface area contributed by atoms with Gasteiger partial charge in [-0.3, -0.25) is 14.5 Å². The van der Waals surface area contributed by atoms with Crippen molar-refractivity contribution in [1.82, 2.24) is 29.3 Å². The van der Waals surface area contributed by atoms with E-state index < -0.39 is 0 Å². The van der Waals surface area contributed by atoms with E-state index in [9.17, 15) is 9.59 Å². The summed E-state index contributed by atoms with van der Waals surface area (Å²) in [6.07, 6.45) is 12.3. The molecule has 2 aromatic heterocycles. The lowest BCUT2D eigenvalue weighted by atomic mass is 9.98. The van der Waals surface area contributed by atoms with Gasteiger partial charge in [-0.2, -0.15) is 5.10 Å². The van der Waals surface area contributed by atoms with Crippen LogP contribution in [0.15, 0.2) is 18.6 Å². The van der Waals surface area contributed by atoms with Gasteiger partial charge >= 0.3 is 0 Å². The fraction of sp³-hybridized carbons (Fsp3) is 0.667. The fourth-order valence-corrected chi connectivity index (χ4v) is 4.68. The van der Waals surface area contributed by atoms with Crippen LogP contribution in [0.5, 0.6) is 0 Å². The first-order chi connectivity index (χ1) is 14.1. The maximum absolute atomic E-state index is 13.3. The van der Waals surface area contributed by atoms with Gasteiger partial charge in [-0.05, 0) is 38.6 Å². The van der Waals surface area contributed by atoms with Gasteiger partial charge in [-0.1, -0.05) is 6.42 Å². The van der Waals surface area contributed by atoms with Gasteiger partial charge in [0, 0.05) is 58.1 Å². The topological polar surface area (TPSA) is 74.9 Å². The predicted octanol–water partition coefficient (Wildman–Crippen LogP) is 1.66. The first-order valence-corrected chi connectivity index (χ1v) is 10.9. The van der Waals surface area contributed by atoms with Gasteiger partial charge in [-0.25, -0.2) is 4.52 Å². The van der Waals surface area contributed by atoms with Crippen LogP contribution in [-0.4, -0.2) is 74.6 Å². The fourth-order valence-electron chi connectivity index (χ4n) is 4.68.